The van der Waals surface area contributed by atoms with E-state index in [1.807, 2.05) is 42.4 Å². The van der Waals surface area contributed by atoms with Gasteiger partial charge in [0.1, 0.15) is 0 Å². The normalized spacial score (nSPS) is 11.0. The van der Waals surface area contributed by atoms with Crippen LogP contribution in [0.4, 0.5) is 11.4 Å². The molecular formula is C20H23ClN4OS. The van der Waals surface area contributed by atoms with Crippen LogP contribution in [0.5, 0.6) is 0 Å². The number of thiophene rings is 1. The summed E-state index contributed by atoms with van der Waals surface area (Å²) in [6.45, 7) is 5.54. The Hall–Kier alpha value is -2.31. The first-order valence-corrected chi connectivity index (χ1v) is 9.99. The van der Waals surface area contributed by atoms with Gasteiger partial charge in [-0.3, -0.25) is 4.79 Å². The van der Waals surface area contributed by atoms with Crippen molar-refractivity contribution in [3.63, 3.8) is 0 Å². The average Bonchev–Trinajstić information content (AvgIpc) is 3.30. The van der Waals surface area contributed by atoms with Gasteiger partial charge in [0.2, 0.25) is 0 Å². The molecule has 7 heteroatoms. The van der Waals surface area contributed by atoms with Gasteiger partial charge in [0, 0.05) is 31.2 Å². The zero-order valence-corrected chi connectivity index (χ0v) is 17.2. The second-order valence-corrected chi connectivity index (χ2v) is 8.56. The number of carbonyl (C=O) groups excluding carboxylic acids is 1. The summed E-state index contributed by atoms with van der Waals surface area (Å²) in [5.74, 6) is 0.322. The van der Waals surface area contributed by atoms with E-state index in [1.165, 1.54) is 11.3 Å². The Labute approximate surface area is 168 Å². The summed E-state index contributed by atoms with van der Waals surface area (Å²) in [6, 6.07) is 11.6. The zero-order chi connectivity index (χ0) is 19.4. The third-order valence-corrected chi connectivity index (χ3v) is 5.33. The molecule has 0 bridgehead atoms. The number of halogens is 1. The lowest BCUT2D eigenvalue weighted by atomic mass is 10.1. The van der Waals surface area contributed by atoms with Gasteiger partial charge in [-0.05, 0) is 36.2 Å². The fraction of sp³-hybridized carbons (Fsp3) is 0.300. The maximum atomic E-state index is 13.1. The van der Waals surface area contributed by atoms with Crippen LogP contribution >= 0.6 is 22.9 Å². The SMILES string of the molecule is CC(C)CN(C(=O)c1ccc(Cl)s1)c1cccc(N(C)Cc2c[nH]cn2)c1. The number of hydrogen-bond donors (Lipinski definition) is 1. The van der Waals surface area contributed by atoms with Crippen molar-refractivity contribution < 1.29 is 4.79 Å². The molecule has 3 aromatic rings. The lowest BCUT2D eigenvalue weighted by molar-refractivity contribution is 0.0988. The first-order valence-electron chi connectivity index (χ1n) is 8.80. The number of benzene rings is 1. The molecule has 1 N–H and O–H groups in total. The van der Waals surface area contributed by atoms with Gasteiger partial charge in [-0.15, -0.1) is 11.3 Å². The summed E-state index contributed by atoms with van der Waals surface area (Å²) in [5, 5.41) is 0. The van der Waals surface area contributed by atoms with Gasteiger partial charge in [0.05, 0.1) is 27.8 Å². The maximum absolute atomic E-state index is 13.1. The van der Waals surface area contributed by atoms with Gasteiger partial charge in [0.15, 0.2) is 0 Å². The predicted molar refractivity (Wildman–Crippen MR) is 113 cm³/mol. The van der Waals surface area contributed by atoms with E-state index in [0.717, 1.165) is 17.1 Å². The van der Waals surface area contributed by atoms with Crippen molar-refractivity contribution in [2.75, 3.05) is 23.4 Å². The number of imidazole rings is 1. The van der Waals surface area contributed by atoms with Gasteiger partial charge in [-0.25, -0.2) is 4.98 Å². The highest BCUT2D eigenvalue weighted by molar-refractivity contribution is 7.18. The van der Waals surface area contributed by atoms with E-state index < -0.39 is 0 Å². The largest absolute Gasteiger partial charge is 0.369 e. The maximum Gasteiger partial charge on any atom is 0.268 e. The number of H-pyrrole nitrogens is 1. The highest BCUT2D eigenvalue weighted by atomic mass is 35.5. The van der Waals surface area contributed by atoms with Crippen LogP contribution in [-0.2, 0) is 6.54 Å². The molecule has 3 rings (SSSR count). The summed E-state index contributed by atoms with van der Waals surface area (Å²) in [7, 11) is 2.02. The Balaban J connectivity index is 1.87. The number of aromatic amines is 1. The molecule has 0 unspecified atom stereocenters. The fourth-order valence-corrected chi connectivity index (χ4v) is 3.84. The van der Waals surface area contributed by atoms with Crippen molar-refractivity contribution in [1.82, 2.24) is 9.97 Å². The Morgan fingerprint density at radius 2 is 2.04 bits per heavy atom. The molecule has 0 fully saturated rings. The van der Waals surface area contributed by atoms with E-state index in [0.29, 0.717) is 28.2 Å². The molecule has 0 atom stereocenters. The third-order valence-electron chi connectivity index (χ3n) is 4.11. The monoisotopic (exact) mass is 402 g/mol. The van der Waals surface area contributed by atoms with Gasteiger partial charge in [0.25, 0.3) is 5.91 Å². The van der Waals surface area contributed by atoms with Crippen molar-refractivity contribution in [2.45, 2.75) is 20.4 Å². The van der Waals surface area contributed by atoms with Crippen LogP contribution in [0, 0.1) is 5.92 Å². The lowest BCUT2D eigenvalue weighted by Gasteiger charge is -2.26. The van der Waals surface area contributed by atoms with Crippen LogP contribution in [0.1, 0.15) is 29.2 Å². The molecule has 0 aliphatic carbocycles. The van der Waals surface area contributed by atoms with E-state index in [9.17, 15) is 4.79 Å². The van der Waals surface area contributed by atoms with E-state index in [1.54, 1.807) is 18.5 Å². The molecule has 1 amide bonds. The molecule has 0 saturated heterocycles. The van der Waals surface area contributed by atoms with Gasteiger partial charge in [-0.2, -0.15) is 0 Å². The van der Waals surface area contributed by atoms with E-state index in [2.05, 4.69) is 28.7 Å². The highest BCUT2D eigenvalue weighted by Crippen LogP contribution is 2.28. The number of anilines is 2. The van der Waals surface area contributed by atoms with Crippen molar-refractivity contribution in [1.29, 1.82) is 0 Å². The van der Waals surface area contributed by atoms with Gasteiger partial charge in [-0.1, -0.05) is 31.5 Å². The number of amides is 1. The Morgan fingerprint density at radius 1 is 1.26 bits per heavy atom. The third kappa shape index (κ3) is 4.90. The fourth-order valence-electron chi connectivity index (χ4n) is 2.84. The molecule has 27 heavy (non-hydrogen) atoms. The number of nitrogens with zero attached hydrogens (tertiary/aromatic N) is 3. The van der Waals surface area contributed by atoms with Crippen molar-refractivity contribution in [2.24, 2.45) is 5.92 Å². The minimum absolute atomic E-state index is 0.0206. The summed E-state index contributed by atoms with van der Waals surface area (Å²) in [5.41, 5.74) is 2.87. The second-order valence-electron chi connectivity index (χ2n) is 6.85. The van der Waals surface area contributed by atoms with Crippen LogP contribution < -0.4 is 9.80 Å². The standard InChI is InChI=1S/C20H23ClN4OS/c1-14(2)11-25(20(26)18-7-8-19(21)27-18)17-6-4-5-16(9-17)24(3)12-15-10-22-13-23-15/h4-10,13-14H,11-12H2,1-3H3,(H,22,23). The Bertz CT molecular complexity index is 891. The predicted octanol–water partition coefficient (Wildman–Crippen LogP) is 5.06. The van der Waals surface area contributed by atoms with Crippen LogP contribution in [0.15, 0.2) is 48.9 Å². The molecule has 0 spiro atoms. The molecule has 0 aliphatic rings. The number of carbonyl (C=O) groups is 1. The molecule has 0 saturated carbocycles. The minimum Gasteiger partial charge on any atom is -0.369 e. The summed E-state index contributed by atoms with van der Waals surface area (Å²) in [6.07, 6.45) is 3.56. The Kier molecular flexibility index (Phi) is 6.19. The van der Waals surface area contributed by atoms with Crippen LogP contribution in [0.2, 0.25) is 4.34 Å². The minimum atomic E-state index is -0.0206. The summed E-state index contributed by atoms with van der Waals surface area (Å²) >= 11 is 7.34. The number of aromatic nitrogens is 2. The molecule has 2 heterocycles. The molecule has 0 radical (unpaired) electrons. The van der Waals surface area contributed by atoms with Crippen LogP contribution in [0.25, 0.3) is 0 Å². The van der Waals surface area contributed by atoms with E-state index >= 15 is 0 Å². The van der Waals surface area contributed by atoms with Crippen molar-refractivity contribution >= 4 is 40.2 Å². The molecule has 1 aromatic carbocycles. The van der Waals surface area contributed by atoms with Gasteiger partial charge < -0.3 is 14.8 Å². The molecule has 142 valence electrons. The zero-order valence-electron chi connectivity index (χ0n) is 15.6. The molecule has 5 nitrogen and oxygen atoms in total. The molecular weight excluding hydrogens is 380 g/mol. The summed E-state index contributed by atoms with van der Waals surface area (Å²) in [4.78, 5) is 24.9. The molecule has 2 aromatic heterocycles. The first-order chi connectivity index (χ1) is 12.9. The second kappa shape index (κ2) is 8.59. The topological polar surface area (TPSA) is 52.2 Å². The quantitative estimate of drug-likeness (QED) is 0.600. The van der Waals surface area contributed by atoms with Gasteiger partial charge >= 0.3 is 0 Å². The lowest BCUT2D eigenvalue weighted by Crippen LogP contribution is -2.34. The highest BCUT2D eigenvalue weighted by Gasteiger charge is 2.21. The van der Waals surface area contributed by atoms with Crippen LogP contribution in [-0.4, -0.2) is 29.5 Å². The number of rotatable bonds is 7. The summed E-state index contributed by atoms with van der Waals surface area (Å²) < 4.78 is 0.621. The Morgan fingerprint density at radius 3 is 2.67 bits per heavy atom. The number of hydrogen-bond acceptors (Lipinski definition) is 4. The smallest absolute Gasteiger partial charge is 0.268 e. The van der Waals surface area contributed by atoms with Crippen LogP contribution in [0.3, 0.4) is 0 Å². The molecule has 0 aliphatic heterocycles. The van der Waals surface area contributed by atoms with E-state index in [-0.39, 0.29) is 5.91 Å². The van der Waals surface area contributed by atoms with E-state index in [4.69, 9.17) is 11.6 Å². The average molecular weight is 403 g/mol. The van der Waals surface area contributed by atoms with Crippen molar-refractivity contribution in [3.05, 3.63) is 63.8 Å². The van der Waals surface area contributed by atoms with Crippen molar-refractivity contribution in [3.8, 4) is 0 Å². The number of nitrogens with one attached hydrogen (secondary N) is 1. The first kappa shape index (κ1) is 19.5.